The number of H-pyrrole nitrogens is 1. The second-order valence-corrected chi connectivity index (χ2v) is 6.65. The van der Waals surface area contributed by atoms with Crippen LogP contribution >= 0.6 is 0 Å². The molecule has 0 amide bonds. The molecular formula is C19H18N6O. The zero-order valence-corrected chi connectivity index (χ0v) is 14.2. The van der Waals surface area contributed by atoms with Gasteiger partial charge in [-0.1, -0.05) is 18.2 Å². The van der Waals surface area contributed by atoms with Crippen LogP contribution in [0, 0.1) is 0 Å². The Morgan fingerprint density at radius 2 is 2.08 bits per heavy atom. The fraction of sp³-hybridized carbons (Fsp3) is 0.263. The number of fused-ring (bicyclic) bond motifs is 2. The number of hydrogen-bond donors (Lipinski definition) is 1. The highest BCUT2D eigenvalue weighted by atomic mass is 16.1. The van der Waals surface area contributed by atoms with Crippen LogP contribution in [-0.2, 0) is 6.54 Å². The number of imidazole rings is 1. The number of benzene rings is 1. The molecule has 1 aromatic carbocycles. The lowest BCUT2D eigenvalue weighted by molar-refractivity contribution is 0.538. The number of hydrogen-bond acceptors (Lipinski definition) is 5. The zero-order valence-electron chi connectivity index (χ0n) is 14.2. The molecule has 0 saturated carbocycles. The van der Waals surface area contributed by atoms with Crippen molar-refractivity contribution in [2.45, 2.75) is 25.4 Å². The Kier molecular flexibility index (Phi) is 3.44. The quantitative estimate of drug-likeness (QED) is 0.616. The van der Waals surface area contributed by atoms with Gasteiger partial charge in [-0.2, -0.15) is 0 Å². The van der Waals surface area contributed by atoms with Crippen LogP contribution in [0.25, 0.3) is 21.9 Å². The van der Waals surface area contributed by atoms with Gasteiger partial charge in [0.25, 0.3) is 5.56 Å². The molecule has 1 N–H and O–H groups in total. The van der Waals surface area contributed by atoms with Crippen molar-refractivity contribution in [2.75, 3.05) is 11.4 Å². The van der Waals surface area contributed by atoms with Gasteiger partial charge in [0, 0.05) is 30.7 Å². The van der Waals surface area contributed by atoms with Crippen LogP contribution in [0.3, 0.4) is 0 Å². The number of pyridine rings is 1. The van der Waals surface area contributed by atoms with Crippen LogP contribution in [0.1, 0.15) is 12.8 Å². The molecule has 0 bridgehead atoms. The zero-order chi connectivity index (χ0) is 17.5. The summed E-state index contributed by atoms with van der Waals surface area (Å²) in [4.78, 5) is 31.2. The lowest BCUT2D eigenvalue weighted by Crippen LogP contribution is -2.36. The van der Waals surface area contributed by atoms with Crippen molar-refractivity contribution in [1.29, 1.82) is 0 Å². The van der Waals surface area contributed by atoms with Gasteiger partial charge in [-0.25, -0.2) is 15.0 Å². The smallest absolute Gasteiger partial charge is 0.258 e. The molecule has 4 aromatic rings. The van der Waals surface area contributed by atoms with E-state index < -0.39 is 0 Å². The topological polar surface area (TPSA) is 79.7 Å². The first-order valence-corrected chi connectivity index (χ1v) is 8.80. The van der Waals surface area contributed by atoms with Crippen molar-refractivity contribution >= 4 is 27.8 Å². The molecule has 3 aromatic heterocycles. The van der Waals surface area contributed by atoms with Crippen LogP contribution in [0.5, 0.6) is 0 Å². The molecule has 130 valence electrons. The molecule has 4 heterocycles. The lowest BCUT2D eigenvalue weighted by atomic mass is 10.1. The van der Waals surface area contributed by atoms with Gasteiger partial charge in [0.05, 0.1) is 6.33 Å². The molecular weight excluding hydrogens is 328 g/mol. The maximum atomic E-state index is 12.8. The first-order chi connectivity index (χ1) is 12.8. The average Bonchev–Trinajstić information content (AvgIpc) is 3.33. The predicted octanol–water partition coefficient (Wildman–Crippen LogP) is 2.34. The van der Waals surface area contributed by atoms with Crippen LogP contribution in [0.2, 0.25) is 0 Å². The van der Waals surface area contributed by atoms with Crippen molar-refractivity contribution in [3.63, 3.8) is 0 Å². The Labute approximate surface area is 149 Å². The van der Waals surface area contributed by atoms with Crippen LogP contribution in [-0.4, -0.2) is 37.1 Å². The fourth-order valence-electron chi connectivity index (χ4n) is 3.87. The molecule has 7 heteroatoms. The Morgan fingerprint density at radius 1 is 1.15 bits per heavy atom. The number of nitrogens with one attached hydrogen (secondary N) is 1. The minimum Gasteiger partial charge on any atom is -0.350 e. The van der Waals surface area contributed by atoms with Gasteiger partial charge < -0.3 is 14.5 Å². The van der Waals surface area contributed by atoms with Gasteiger partial charge in [-0.15, -0.1) is 0 Å². The fourth-order valence-corrected chi connectivity index (χ4v) is 3.87. The molecule has 1 unspecified atom stereocenters. The molecule has 1 saturated heterocycles. The molecule has 1 atom stereocenters. The van der Waals surface area contributed by atoms with Crippen molar-refractivity contribution < 1.29 is 0 Å². The van der Waals surface area contributed by atoms with E-state index in [1.54, 1.807) is 12.7 Å². The van der Waals surface area contributed by atoms with Crippen LogP contribution < -0.4 is 10.5 Å². The highest BCUT2D eigenvalue weighted by molar-refractivity contribution is 5.83. The monoisotopic (exact) mass is 346 g/mol. The molecule has 1 aliphatic rings. The van der Waals surface area contributed by atoms with Gasteiger partial charge >= 0.3 is 0 Å². The Bertz CT molecular complexity index is 1150. The SMILES string of the molecule is O=c1c2ccccc2ccn1CC1CCCN1c1ncnc2[nH]cnc12. The lowest BCUT2D eigenvalue weighted by Gasteiger charge is -2.26. The van der Waals surface area contributed by atoms with Crippen LogP contribution in [0.15, 0.2) is 54.0 Å². The predicted molar refractivity (Wildman–Crippen MR) is 100 cm³/mol. The third-order valence-corrected chi connectivity index (χ3v) is 5.14. The summed E-state index contributed by atoms with van der Waals surface area (Å²) < 4.78 is 1.81. The molecule has 0 spiro atoms. The van der Waals surface area contributed by atoms with E-state index in [4.69, 9.17) is 0 Å². The van der Waals surface area contributed by atoms with Crippen LogP contribution in [0.4, 0.5) is 5.82 Å². The van der Waals surface area contributed by atoms with Crippen molar-refractivity contribution in [3.05, 3.63) is 59.5 Å². The largest absolute Gasteiger partial charge is 0.350 e. The maximum absolute atomic E-state index is 12.8. The van der Waals surface area contributed by atoms with E-state index in [0.29, 0.717) is 6.54 Å². The summed E-state index contributed by atoms with van der Waals surface area (Å²) in [6, 6.07) is 9.94. The molecule has 0 radical (unpaired) electrons. The number of aromatic amines is 1. The van der Waals surface area contributed by atoms with E-state index in [-0.39, 0.29) is 11.6 Å². The molecule has 1 fully saturated rings. The summed E-state index contributed by atoms with van der Waals surface area (Å²) in [5.41, 5.74) is 1.58. The summed E-state index contributed by atoms with van der Waals surface area (Å²) in [7, 11) is 0. The van der Waals surface area contributed by atoms with Gasteiger partial charge in [0.1, 0.15) is 11.8 Å². The van der Waals surface area contributed by atoms with E-state index in [2.05, 4.69) is 24.8 Å². The van der Waals surface area contributed by atoms with Gasteiger partial charge in [0.15, 0.2) is 11.5 Å². The maximum Gasteiger partial charge on any atom is 0.258 e. The summed E-state index contributed by atoms with van der Waals surface area (Å²) in [6.07, 6.45) is 7.19. The molecule has 26 heavy (non-hydrogen) atoms. The number of rotatable bonds is 3. The number of aromatic nitrogens is 5. The molecule has 7 nitrogen and oxygen atoms in total. The summed E-state index contributed by atoms with van der Waals surface area (Å²) >= 11 is 0. The Balaban J connectivity index is 1.51. The summed E-state index contributed by atoms with van der Waals surface area (Å²) in [6.45, 7) is 1.55. The normalized spacial score (nSPS) is 17.4. The number of nitrogens with zero attached hydrogens (tertiary/aromatic N) is 5. The minimum absolute atomic E-state index is 0.0579. The first kappa shape index (κ1) is 15.1. The molecule has 1 aliphatic heterocycles. The van der Waals surface area contributed by atoms with Gasteiger partial charge in [-0.05, 0) is 30.4 Å². The second kappa shape index (κ2) is 5.94. The van der Waals surface area contributed by atoms with Crippen molar-refractivity contribution in [1.82, 2.24) is 24.5 Å². The van der Waals surface area contributed by atoms with Gasteiger partial charge in [-0.3, -0.25) is 4.79 Å². The third kappa shape index (κ3) is 2.35. The molecule has 5 rings (SSSR count). The van der Waals surface area contributed by atoms with Crippen molar-refractivity contribution in [3.8, 4) is 0 Å². The number of anilines is 1. The Morgan fingerprint density at radius 3 is 3.04 bits per heavy atom. The molecule has 0 aliphatic carbocycles. The average molecular weight is 346 g/mol. The third-order valence-electron chi connectivity index (χ3n) is 5.14. The second-order valence-electron chi connectivity index (χ2n) is 6.65. The van der Waals surface area contributed by atoms with E-state index in [1.807, 2.05) is 41.1 Å². The summed E-state index contributed by atoms with van der Waals surface area (Å²) in [5.74, 6) is 0.840. The minimum atomic E-state index is 0.0579. The van der Waals surface area contributed by atoms with Crippen molar-refractivity contribution in [2.24, 2.45) is 0 Å². The highest BCUT2D eigenvalue weighted by Crippen LogP contribution is 2.28. The van der Waals surface area contributed by atoms with E-state index in [0.717, 1.165) is 47.1 Å². The van der Waals surface area contributed by atoms with E-state index in [1.165, 1.54) is 0 Å². The Hall–Kier alpha value is -3.22. The standard InChI is InChI=1S/C19H18N6O/c26-19-15-6-2-1-4-13(15)7-9-24(19)10-14-5-3-8-25(14)18-16-17(21-11-20-16)22-12-23-18/h1-2,4,6-7,9,11-12,14H,3,5,8,10H2,(H,20,21,22,23). The van der Waals surface area contributed by atoms with E-state index in [9.17, 15) is 4.79 Å². The van der Waals surface area contributed by atoms with Gasteiger partial charge in [0.2, 0.25) is 0 Å². The highest BCUT2D eigenvalue weighted by Gasteiger charge is 2.28. The first-order valence-electron chi connectivity index (χ1n) is 8.80. The summed E-state index contributed by atoms with van der Waals surface area (Å²) in [5, 5.41) is 1.74. The van der Waals surface area contributed by atoms with E-state index >= 15 is 0 Å².